The molecule has 0 radical (unpaired) electrons. The Morgan fingerprint density at radius 1 is 1.35 bits per heavy atom. The van der Waals surface area contributed by atoms with E-state index in [1.165, 1.54) is 19.2 Å². The van der Waals surface area contributed by atoms with Gasteiger partial charge in [-0.1, -0.05) is 26.7 Å². The molecule has 112 valence electrons. The number of non-ortho nitro benzene ring substituents is 1. The molecule has 0 aliphatic carbocycles. The summed E-state index contributed by atoms with van der Waals surface area (Å²) < 4.78 is 5.04. The van der Waals surface area contributed by atoms with Gasteiger partial charge in [0.1, 0.15) is 5.75 Å². The van der Waals surface area contributed by atoms with Gasteiger partial charge < -0.3 is 15.2 Å². The second-order valence-corrected chi connectivity index (χ2v) is 4.70. The number of hydrogen-bond donors (Lipinski definition) is 2. The molecule has 0 saturated heterocycles. The average molecular weight is 282 g/mol. The van der Waals surface area contributed by atoms with Gasteiger partial charge in [0.2, 0.25) is 0 Å². The number of hydrogen-bond acceptors (Lipinski definition) is 5. The van der Waals surface area contributed by atoms with Crippen LogP contribution in [0.2, 0.25) is 0 Å². The average Bonchev–Trinajstić information content (AvgIpc) is 2.45. The number of nitro groups is 1. The zero-order chi connectivity index (χ0) is 15.1. The first-order chi connectivity index (χ1) is 9.51. The minimum absolute atomic E-state index is 0.0381. The summed E-state index contributed by atoms with van der Waals surface area (Å²) in [5.41, 5.74) is 0.532. The molecule has 0 aliphatic rings. The van der Waals surface area contributed by atoms with Crippen molar-refractivity contribution in [2.75, 3.05) is 19.0 Å². The fourth-order valence-electron chi connectivity index (χ4n) is 2.13. The summed E-state index contributed by atoms with van der Waals surface area (Å²) in [6.45, 7) is 4.43. The monoisotopic (exact) mass is 282 g/mol. The number of nitro benzene ring substituents is 1. The molecular weight excluding hydrogens is 260 g/mol. The van der Waals surface area contributed by atoms with E-state index < -0.39 is 11.0 Å². The molecule has 1 unspecified atom stereocenters. The summed E-state index contributed by atoms with van der Waals surface area (Å²) in [5, 5.41) is 23.9. The lowest BCUT2D eigenvalue weighted by Crippen LogP contribution is -2.27. The van der Waals surface area contributed by atoms with Gasteiger partial charge >= 0.3 is 0 Å². The maximum atomic E-state index is 10.8. The first-order valence-electron chi connectivity index (χ1n) is 6.77. The Hall–Kier alpha value is -1.82. The minimum Gasteiger partial charge on any atom is -0.496 e. The number of methoxy groups -OCH3 is 1. The minimum atomic E-state index is -0.477. The summed E-state index contributed by atoms with van der Waals surface area (Å²) in [6, 6.07) is 4.47. The van der Waals surface area contributed by atoms with E-state index in [9.17, 15) is 15.2 Å². The maximum Gasteiger partial charge on any atom is 0.275 e. The van der Waals surface area contributed by atoms with Gasteiger partial charge in [-0.25, -0.2) is 0 Å². The Balaban J connectivity index is 2.76. The molecule has 1 aromatic rings. The molecule has 0 bridgehead atoms. The van der Waals surface area contributed by atoms with Crippen molar-refractivity contribution in [3.05, 3.63) is 28.3 Å². The number of ether oxygens (including phenoxy) is 1. The predicted octanol–water partition coefficient (Wildman–Crippen LogP) is 2.81. The Labute approximate surface area is 118 Å². The van der Waals surface area contributed by atoms with E-state index in [1.54, 1.807) is 6.07 Å². The second-order valence-electron chi connectivity index (χ2n) is 4.70. The van der Waals surface area contributed by atoms with Crippen LogP contribution in [0.5, 0.6) is 5.75 Å². The predicted molar refractivity (Wildman–Crippen MR) is 78.2 cm³/mol. The van der Waals surface area contributed by atoms with Crippen molar-refractivity contribution in [3.63, 3.8) is 0 Å². The molecule has 6 nitrogen and oxygen atoms in total. The smallest absolute Gasteiger partial charge is 0.275 e. The number of rotatable bonds is 8. The third kappa shape index (κ3) is 4.38. The van der Waals surface area contributed by atoms with E-state index in [-0.39, 0.29) is 11.6 Å². The van der Waals surface area contributed by atoms with E-state index in [4.69, 9.17) is 4.74 Å². The van der Waals surface area contributed by atoms with Crippen LogP contribution < -0.4 is 10.1 Å². The summed E-state index contributed by atoms with van der Waals surface area (Å²) in [5.74, 6) is 0.641. The third-order valence-corrected chi connectivity index (χ3v) is 3.45. The highest BCUT2D eigenvalue weighted by atomic mass is 16.6. The molecule has 1 atom stereocenters. The van der Waals surface area contributed by atoms with Crippen molar-refractivity contribution < 1.29 is 14.8 Å². The summed E-state index contributed by atoms with van der Waals surface area (Å²) in [6.07, 6.45) is 1.32. The molecule has 0 saturated carbocycles. The van der Waals surface area contributed by atoms with Crippen molar-refractivity contribution in [2.24, 2.45) is 5.92 Å². The molecule has 6 heteroatoms. The second kappa shape index (κ2) is 7.69. The lowest BCUT2D eigenvalue weighted by Gasteiger charge is -2.21. The van der Waals surface area contributed by atoms with E-state index in [0.717, 1.165) is 12.8 Å². The molecule has 0 heterocycles. The van der Waals surface area contributed by atoms with Crippen LogP contribution >= 0.6 is 0 Å². The van der Waals surface area contributed by atoms with Crippen molar-refractivity contribution >= 4 is 11.4 Å². The van der Waals surface area contributed by atoms with Gasteiger partial charge in [-0.3, -0.25) is 10.1 Å². The lowest BCUT2D eigenvalue weighted by molar-refractivity contribution is -0.384. The van der Waals surface area contributed by atoms with Crippen LogP contribution in [0.4, 0.5) is 11.4 Å². The highest BCUT2D eigenvalue weighted by molar-refractivity contribution is 5.56. The molecule has 0 fully saturated rings. The molecule has 0 spiro atoms. The standard InChI is InChI=1S/C14H22N2O4/c1-4-10(5-2)14(17)9-15-11-6-12(16(18)19)8-13(7-11)20-3/h6-8,10,14-15,17H,4-5,9H2,1-3H3. The van der Waals surface area contributed by atoms with Gasteiger partial charge in [-0.2, -0.15) is 0 Å². The largest absolute Gasteiger partial charge is 0.496 e. The summed E-state index contributed by atoms with van der Waals surface area (Å²) in [7, 11) is 1.46. The Morgan fingerprint density at radius 3 is 2.50 bits per heavy atom. The molecule has 2 N–H and O–H groups in total. The van der Waals surface area contributed by atoms with Crippen molar-refractivity contribution in [1.29, 1.82) is 0 Å². The van der Waals surface area contributed by atoms with Gasteiger partial charge in [0.05, 0.1) is 24.2 Å². The first-order valence-corrected chi connectivity index (χ1v) is 6.77. The lowest BCUT2D eigenvalue weighted by atomic mass is 9.96. The molecule has 0 aromatic heterocycles. The summed E-state index contributed by atoms with van der Waals surface area (Å²) in [4.78, 5) is 10.4. The zero-order valence-corrected chi connectivity index (χ0v) is 12.1. The molecule has 0 aliphatic heterocycles. The molecule has 1 aromatic carbocycles. The topological polar surface area (TPSA) is 84.6 Å². The van der Waals surface area contributed by atoms with Crippen molar-refractivity contribution in [2.45, 2.75) is 32.8 Å². The number of nitrogens with zero attached hydrogens (tertiary/aromatic N) is 1. The highest BCUT2D eigenvalue weighted by Crippen LogP contribution is 2.26. The van der Waals surface area contributed by atoms with Gasteiger partial charge in [0, 0.05) is 24.4 Å². The number of anilines is 1. The number of aliphatic hydroxyl groups is 1. The Bertz CT molecular complexity index is 447. The quantitative estimate of drug-likeness (QED) is 0.565. The van der Waals surface area contributed by atoms with Crippen LogP contribution in [0, 0.1) is 16.0 Å². The normalized spacial score (nSPS) is 12.2. The van der Waals surface area contributed by atoms with Crippen LogP contribution in [0.15, 0.2) is 18.2 Å². The van der Waals surface area contributed by atoms with Gasteiger partial charge in [-0.15, -0.1) is 0 Å². The van der Waals surface area contributed by atoms with E-state index in [0.29, 0.717) is 18.0 Å². The van der Waals surface area contributed by atoms with Gasteiger partial charge in [0.25, 0.3) is 5.69 Å². The van der Waals surface area contributed by atoms with E-state index in [2.05, 4.69) is 5.32 Å². The van der Waals surface area contributed by atoms with Crippen LogP contribution in [0.25, 0.3) is 0 Å². The zero-order valence-electron chi connectivity index (χ0n) is 12.1. The van der Waals surface area contributed by atoms with Crippen LogP contribution in [0.1, 0.15) is 26.7 Å². The SMILES string of the molecule is CCC(CC)C(O)CNc1cc(OC)cc([N+](=O)[O-])c1. The van der Waals surface area contributed by atoms with E-state index in [1.807, 2.05) is 13.8 Å². The van der Waals surface area contributed by atoms with Crippen LogP contribution in [-0.2, 0) is 0 Å². The van der Waals surface area contributed by atoms with Gasteiger partial charge in [0.15, 0.2) is 0 Å². The third-order valence-electron chi connectivity index (χ3n) is 3.45. The van der Waals surface area contributed by atoms with E-state index >= 15 is 0 Å². The van der Waals surface area contributed by atoms with Crippen LogP contribution in [0.3, 0.4) is 0 Å². The number of nitrogens with one attached hydrogen (secondary N) is 1. The first kappa shape index (κ1) is 16.2. The maximum absolute atomic E-state index is 10.8. The molecule has 1 rings (SSSR count). The van der Waals surface area contributed by atoms with Crippen molar-refractivity contribution in [3.8, 4) is 5.75 Å². The number of aliphatic hydroxyl groups excluding tert-OH is 1. The molecule has 0 amide bonds. The molecular formula is C14H22N2O4. The molecule has 20 heavy (non-hydrogen) atoms. The fraction of sp³-hybridized carbons (Fsp3) is 0.571. The van der Waals surface area contributed by atoms with Crippen molar-refractivity contribution in [1.82, 2.24) is 0 Å². The Kier molecular flexibility index (Phi) is 6.24. The van der Waals surface area contributed by atoms with Crippen LogP contribution in [-0.4, -0.2) is 29.8 Å². The fourth-order valence-corrected chi connectivity index (χ4v) is 2.13. The number of benzene rings is 1. The van der Waals surface area contributed by atoms with Gasteiger partial charge in [-0.05, 0) is 5.92 Å². The summed E-state index contributed by atoms with van der Waals surface area (Å²) >= 11 is 0. The Morgan fingerprint density at radius 2 is 2.00 bits per heavy atom. The highest BCUT2D eigenvalue weighted by Gasteiger charge is 2.16.